The molecule has 1 fully saturated rings. The SMILES string of the molecule is COC[C@H]1NC(=O)OC1=O. The maximum absolute atomic E-state index is 10.6. The summed E-state index contributed by atoms with van der Waals surface area (Å²) in [5.74, 6) is -0.577. The van der Waals surface area contributed by atoms with Gasteiger partial charge in [-0.1, -0.05) is 0 Å². The van der Waals surface area contributed by atoms with Crippen LogP contribution in [0, 0.1) is 0 Å². The first-order valence-corrected chi connectivity index (χ1v) is 2.75. The molecule has 1 aliphatic rings. The zero-order valence-corrected chi connectivity index (χ0v) is 5.42. The number of methoxy groups -OCH3 is 1. The number of hydrogen-bond donors (Lipinski definition) is 1. The molecule has 1 heterocycles. The van der Waals surface area contributed by atoms with Crippen molar-refractivity contribution in [3.8, 4) is 0 Å². The van der Waals surface area contributed by atoms with Crippen LogP contribution >= 0.6 is 0 Å². The quantitative estimate of drug-likeness (QED) is 0.411. The lowest BCUT2D eigenvalue weighted by atomic mass is 10.3. The molecule has 0 aromatic rings. The lowest BCUT2D eigenvalue weighted by Gasteiger charge is -2.00. The summed E-state index contributed by atoms with van der Waals surface area (Å²) in [5, 5.41) is 2.27. The van der Waals surface area contributed by atoms with Crippen molar-refractivity contribution in [3.63, 3.8) is 0 Å². The smallest absolute Gasteiger partial charge is 0.382 e. The lowest BCUT2D eigenvalue weighted by molar-refractivity contribution is -0.136. The van der Waals surface area contributed by atoms with Crippen LogP contribution in [-0.4, -0.2) is 31.8 Å². The van der Waals surface area contributed by atoms with Crippen molar-refractivity contribution < 1.29 is 19.1 Å². The fraction of sp³-hybridized carbons (Fsp3) is 0.600. The maximum Gasteiger partial charge on any atom is 0.415 e. The van der Waals surface area contributed by atoms with Crippen molar-refractivity contribution in [2.24, 2.45) is 0 Å². The molecule has 1 N–H and O–H groups in total. The predicted octanol–water partition coefficient (Wildman–Crippen LogP) is -0.732. The predicted molar refractivity (Wildman–Crippen MR) is 30.3 cm³/mol. The van der Waals surface area contributed by atoms with Gasteiger partial charge in [0.25, 0.3) is 0 Å². The number of esters is 1. The van der Waals surface area contributed by atoms with Gasteiger partial charge in [0.05, 0.1) is 6.61 Å². The Morgan fingerprint density at radius 1 is 1.70 bits per heavy atom. The Bertz CT molecular complexity index is 167. The van der Waals surface area contributed by atoms with Crippen LogP contribution < -0.4 is 5.32 Å². The second-order valence-electron chi connectivity index (χ2n) is 1.86. The summed E-state index contributed by atoms with van der Waals surface area (Å²) in [7, 11) is 1.44. The molecule has 0 unspecified atom stereocenters. The molecule has 0 saturated carbocycles. The zero-order chi connectivity index (χ0) is 7.56. The van der Waals surface area contributed by atoms with Crippen LogP contribution in [-0.2, 0) is 14.3 Å². The van der Waals surface area contributed by atoms with E-state index in [1.807, 2.05) is 0 Å². The fourth-order valence-electron chi connectivity index (χ4n) is 0.670. The molecule has 0 aromatic heterocycles. The Morgan fingerprint density at radius 3 is 2.80 bits per heavy atom. The van der Waals surface area contributed by atoms with Gasteiger partial charge in [-0.05, 0) is 0 Å². The average molecular weight is 145 g/mol. The van der Waals surface area contributed by atoms with Crippen molar-refractivity contribution in [1.82, 2.24) is 5.32 Å². The van der Waals surface area contributed by atoms with Crippen LogP contribution in [0.1, 0.15) is 0 Å². The van der Waals surface area contributed by atoms with E-state index in [1.54, 1.807) is 0 Å². The first kappa shape index (κ1) is 7.01. The number of carbonyl (C=O) groups excluding carboxylic acids is 2. The molecule has 0 aliphatic carbocycles. The highest BCUT2D eigenvalue weighted by Crippen LogP contribution is 1.99. The first-order valence-electron chi connectivity index (χ1n) is 2.75. The van der Waals surface area contributed by atoms with Gasteiger partial charge in [0.2, 0.25) is 0 Å². The molecular formula is C5H7NO4. The van der Waals surface area contributed by atoms with E-state index in [0.29, 0.717) is 0 Å². The summed E-state index contributed by atoms with van der Waals surface area (Å²) in [6, 6.07) is -0.627. The molecule has 1 saturated heterocycles. The maximum atomic E-state index is 10.6. The number of hydrogen-bond acceptors (Lipinski definition) is 4. The standard InChI is InChI=1S/C5H7NO4/c1-9-2-3-4(7)10-5(8)6-3/h3H,2H2,1H3,(H,6,8)/t3-/m1/s1. The van der Waals surface area contributed by atoms with E-state index in [2.05, 4.69) is 14.8 Å². The summed E-state index contributed by atoms with van der Waals surface area (Å²) in [6.45, 7) is 0.157. The van der Waals surface area contributed by atoms with Gasteiger partial charge in [-0.25, -0.2) is 9.59 Å². The highest BCUT2D eigenvalue weighted by atomic mass is 16.6. The monoisotopic (exact) mass is 145 g/mol. The van der Waals surface area contributed by atoms with Crippen LogP contribution in [0.2, 0.25) is 0 Å². The Labute approximate surface area is 57.3 Å². The highest BCUT2D eigenvalue weighted by Gasteiger charge is 2.31. The van der Waals surface area contributed by atoms with Crippen molar-refractivity contribution in [1.29, 1.82) is 0 Å². The number of nitrogens with one attached hydrogen (secondary N) is 1. The van der Waals surface area contributed by atoms with Crippen molar-refractivity contribution >= 4 is 12.1 Å². The third-order valence-electron chi connectivity index (χ3n) is 1.10. The zero-order valence-electron chi connectivity index (χ0n) is 5.42. The van der Waals surface area contributed by atoms with Crippen LogP contribution in [0.4, 0.5) is 4.79 Å². The summed E-state index contributed by atoms with van der Waals surface area (Å²) in [6.07, 6.45) is -0.702. The second kappa shape index (κ2) is 2.66. The minimum atomic E-state index is -0.702. The van der Waals surface area contributed by atoms with Crippen LogP contribution in [0.5, 0.6) is 0 Å². The number of ether oxygens (including phenoxy) is 2. The summed E-state index contributed by atoms with van der Waals surface area (Å²) in [4.78, 5) is 20.9. The largest absolute Gasteiger partial charge is 0.415 e. The van der Waals surface area contributed by atoms with E-state index in [1.165, 1.54) is 7.11 Å². The van der Waals surface area contributed by atoms with Crippen LogP contribution in [0.3, 0.4) is 0 Å². The summed E-state index contributed by atoms with van der Waals surface area (Å²) >= 11 is 0. The van der Waals surface area contributed by atoms with E-state index in [-0.39, 0.29) is 6.61 Å². The molecule has 5 heteroatoms. The highest BCUT2D eigenvalue weighted by molar-refractivity contribution is 5.95. The van der Waals surface area contributed by atoms with E-state index in [9.17, 15) is 9.59 Å². The van der Waals surface area contributed by atoms with Gasteiger partial charge < -0.3 is 14.8 Å². The molecule has 5 nitrogen and oxygen atoms in total. The fourth-order valence-corrected chi connectivity index (χ4v) is 0.670. The number of amides is 1. The third kappa shape index (κ3) is 1.24. The molecule has 56 valence electrons. The van der Waals surface area contributed by atoms with E-state index < -0.39 is 18.1 Å². The average Bonchev–Trinajstić information content (AvgIpc) is 2.13. The van der Waals surface area contributed by atoms with Gasteiger partial charge in [0.15, 0.2) is 6.04 Å². The minimum absolute atomic E-state index is 0.157. The van der Waals surface area contributed by atoms with Crippen LogP contribution in [0.25, 0.3) is 0 Å². The second-order valence-corrected chi connectivity index (χ2v) is 1.86. The summed E-state index contributed by atoms with van der Waals surface area (Å²) < 4.78 is 8.79. The van der Waals surface area contributed by atoms with Crippen molar-refractivity contribution in [2.75, 3.05) is 13.7 Å². The molecule has 1 amide bonds. The Hall–Kier alpha value is -1.10. The van der Waals surface area contributed by atoms with Crippen molar-refractivity contribution in [3.05, 3.63) is 0 Å². The van der Waals surface area contributed by atoms with E-state index in [0.717, 1.165) is 0 Å². The molecule has 1 rings (SSSR count). The number of rotatable bonds is 2. The van der Waals surface area contributed by atoms with Gasteiger partial charge in [-0.2, -0.15) is 0 Å². The van der Waals surface area contributed by atoms with Gasteiger partial charge in [0.1, 0.15) is 0 Å². The molecular weight excluding hydrogens is 138 g/mol. The molecule has 0 spiro atoms. The molecule has 1 atom stereocenters. The Morgan fingerprint density at radius 2 is 2.40 bits per heavy atom. The van der Waals surface area contributed by atoms with Gasteiger partial charge in [-0.3, -0.25) is 0 Å². The number of alkyl carbamates (subject to hydrolysis) is 1. The van der Waals surface area contributed by atoms with E-state index >= 15 is 0 Å². The normalized spacial score (nSPS) is 24.3. The van der Waals surface area contributed by atoms with Gasteiger partial charge >= 0.3 is 12.1 Å². The first-order chi connectivity index (χ1) is 4.74. The lowest BCUT2D eigenvalue weighted by Crippen LogP contribution is -2.32. The molecule has 0 radical (unpaired) electrons. The molecule has 1 aliphatic heterocycles. The topological polar surface area (TPSA) is 64.6 Å². The molecule has 0 bridgehead atoms. The van der Waals surface area contributed by atoms with Crippen LogP contribution in [0.15, 0.2) is 0 Å². The minimum Gasteiger partial charge on any atom is -0.382 e. The Balaban J connectivity index is 2.46. The number of carbonyl (C=O) groups is 2. The summed E-state index contributed by atoms with van der Waals surface area (Å²) in [5.41, 5.74) is 0. The van der Waals surface area contributed by atoms with Gasteiger partial charge in [-0.15, -0.1) is 0 Å². The molecule has 10 heavy (non-hydrogen) atoms. The number of cyclic esters (lactones) is 2. The molecule has 0 aromatic carbocycles. The van der Waals surface area contributed by atoms with Crippen molar-refractivity contribution in [2.45, 2.75) is 6.04 Å². The third-order valence-corrected chi connectivity index (χ3v) is 1.10. The van der Waals surface area contributed by atoms with E-state index in [4.69, 9.17) is 0 Å². The Kier molecular flexibility index (Phi) is 1.86. The van der Waals surface area contributed by atoms with Gasteiger partial charge in [0, 0.05) is 7.11 Å².